The molecular weight excluding hydrogens is 389 g/mol. The number of nitrogens with zero attached hydrogens (tertiary/aromatic N) is 2. The van der Waals surface area contributed by atoms with E-state index in [1.54, 1.807) is 0 Å². The maximum Gasteiger partial charge on any atom is 0.416 e. The Bertz CT molecular complexity index is 1200. The lowest BCUT2D eigenvalue weighted by Crippen LogP contribution is -2.19. The summed E-state index contributed by atoms with van der Waals surface area (Å²) in [7, 11) is 2.01. The number of methoxy groups -OCH3 is 1. The number of halogens is 3. The van der Waals surface area contributed by atoms with Crippen LogP contribution in [-0.2, 0) is 31.9 Å². The number of oxime groups is 2. The van der Waals surface area contributed by atoms with E-state index in [0.717, 1.165) is 32.4 Å². The lowest BCUT2D eigenvalue weighted by atomic mass is 10.0. The van der Waals surface area contributed by atoms with Crippen LogP contribution >= 0.6 is 0 Å². The van der Waals surface area contributed by atoms with Gasteiger partial charge >= 0.3 is 12.1 Å². The molecular formula is C20H19F3N2O4. The summed E-state index contributed by atoms with van der Waals surface area (Å²) < 4.78 is 92.2. The Labute approximate surface area is 174 Å². The molecule has 0 bridgehead atoms. The number of benzene rings is 2. The Morgan fingerprint density at radius 2 is 1.93 bits per heavy atom. The van der Waals surface area contributed by atoms with Crippen LogP contribution in [0.15, 0.2) is 58.7 Å². The van der Waals surface area contributed by atoms with Crippen molar-refractivity contribution in [3.05, 3.63) is 70.7 Å². The fourth-order valence-electron chi connectivity index (χ4n) is 2.05. The van der Waals surface area contributed by atoms with E-state index in [9.17, 15) is 18.0 Å². The fourth-order valence-corrected chi connectivity index (χ4v) is 2.05. The number of carbonyl (C=O) groups is 1. The van der Waals surface area contributed by atoms with E-state index in [1.165, 1.54) is 13.0 Å². The Kier molecular flexibility index (Phi) is 4.90. The van der Waals surface area contributed by atoms with Crippen molar-refractivity contribution in [3.63, 3.8) is 0 Å². The third-order valence-corrected chi connectivity index (χ3v) is 3.42. The summed E-state index contributed by atoms with van der Waals surface area (Å²) in [6, 6.07) is 0.627. The summed E-state index contributed by atoms with van der Waals surface area (Å²) in [6.07, 6.45) is -4.63. The van der Waals surface area contributed by atoms with Gasteiger partial charge in [-0.2, -0.15) is 13.2 Å². The van der Waals surface area contributed by atoms with Crippen molar-refractivity contribution in [2.24, 2.45) is 10.3 Å². The molecule has 2 aromatic carbocycles. The van der Waals surface area contributed by atoms with E-state index >= 15 is 0 Å². The molecule has 0 heterocycles. The maximum absolute atomic E-state index is 13.0. The van der Waals surface area contributed by atoms with Gasteiger partial charge in [-0.05, 0) is 24.6 Å². The van der Waals surface area contributed by atoms with E-state index in [2.05, 4.69) is 19.9 Å². The quantitative estimate of drug-likeness (QED) is 0.387. The van der Waals surface area contributed by atoms with E-state index in [-0.39, 0.29) is 11.3 Å². The van der Waals surface area contributed by atoms with Crippen LogP contribution in [0.4, 0.5) is 13.2 Å². The zero-order valence-corrected chi connectivity index (χ0v) is 15.5. The summed E-state index contributed by atoms with van der Waals surface area (Å²) in [5.41, 5.74) is -3.51. The molecule has 0 saturated heterocycles. The fraction of sp³-hybridized carbons (Fsp3) is 0.250. The van der Waals surface area contributed by atoms with Gasteiger partial charge in [-0.25, -0.2) is 4.79 Å². The average Bonchev–Trinajstić information content (AvgIpc) is 2.81. The smallest absolute Gasteiger partial charge is 0.416 e. The third-order valence-electron chi connectivity index (χ3n) is 3.42. The largest absolute Gasteiger partial charge is 0.464 e. The van der Waals surface area contributed by atoms with Crippen LogP contribution in [0.3, 0.4) is 0 Å². The van der Waals surface area contributed by atoms with Crippen molar-refractivity contribution in [3.8, 4) is 0 Å². The summed E-state index contributed by atoms with van der Waals surface area (Å²) in [4.78, 5) is 21.7. The van der Waals surface area contributed by atoms with Gasteiger partial charge in [0.15, 0.2) is 5.71 Å². The molecule has 0 aromatic heterocycles. The van der Waals surface area contributed by atoms with Gasteiger partial charge in [-0.1, -0.05) is 46.6 Å². The van der Waals surface area contributed by atoms with E-state index < -0.39 is 65.3 Å². The van der Waals surface area contributed by atoms with Crippen LogP contribution in [0, 0.1) is 0 Å². The Hall–Kier alpha value is -3.36. The molecule has 6 nitrogen and oxygen atoms in total. The molecule has 0 unspecified atom stereocenters. The predicted octanol–water partition coefficient (Wildman–Crippen LogP) is 4.17. The second-order valence-corrected chi connectivity index (χ2v) is 5.31. The van der Waals surface area contributed by atoms with Crippen LogP contribution in [-0.4, -0.2) is 31.6 Å². The number of ether oxygens (including phenoxy) is 1. The van der Waals surface area contributed by atoms with Crippen LogP contribution in [0.25, 0.3) is 0 Å². The number of carbonyl (C=O) groups excluding carboxylic acids is 1. The van der Waals surface area contributed by atoms with Gasteiger partial charge in [0.2, 0.25) is 0 Å². The molecule has 0 aliphatic rings. The standard InChI is InChI=1S/C20H19F3N2O4/c1-13(14-8-6-9-16(11-14)20(21,22)23)24-29-12-15-7-4-5-10-17(15)18(25-28-3)19(26)27-2/h4-11H,12H2,1-3H3/b24-13+,25-18+/i4D,5D,7D,10D,12D2. The molecule has 0 N–H and O–H groups in total. The van der Waals surface area contributed by atoms with Crippen molar-refractivity contribution in [2.45, 2.75) is 19.7 Å². The van der Waals surface area contributed by atoms with Crippen molar-refractivity contribution in [1.29, 1.82) is 0 Å². The van der Waals surface area contributed by atoms with Crippen LogP contribution in [0.1, 0.15) is 37.4 Å². The molecule has 9 heteroatoms. The van der Waals surface area contributed by atoms with Crippen molar-refractivity contribution in [2.75, 3.05) is 14.2 Å². The topological polar surface area (TPSA) is 69.5 Å². The monoisotopic (exact) mass is 414 g/mol. The Morgan fingerprint density at radius 3 is 2.59 bits per heavy atom. The first-order chi connectivity index (χ1) is 16.2. The zero-order chi connectivity index (χ0) is 26.7. The SMILES string of the molecule is [2H]c1c([2H])c([2H])c(C([2H])([2H])O/N=C(\C)c2cccc(C(F)(F)F)c2)c(/C(=N\OC)C(=O)OC)c1[2H]. The first-order valence-electron chi connectivity index (χ1n) is 10.9. The van der Waals surface area contributed by atoms with Gasteiger partial charge in [0.1, 0.15) is 13.7 Å². The van der Waals surface area contributed by atoms with Crippen LogP contribution in [0.5, 0.6) is 0 Å². The zero-order valence-electron chi connectivity index (χ0n) is 21.5. The summed E-state index contributed by atoms with van der Waals surface area (Å²) >= 11 is 0. The van der Waals surface area contributed by atoms with Crippen molar-refractivity contribution in [1.82, 2.24) is 0 Å². The number of hydrogen-bond donors (Lipinski definition) is 0. The molecule has 154 valence electrons. The average molecular weight is 414 g/mol. The molecule has 0 aliphatic heterocycles. The second-order valence-electron chi connectivity index (χ2n) is 5.31. The van der Waals surface area contributed by atoms with Gasteiger partial charge in [-0.3, -0.25) is 0 Å². The Morgan fingerprint density at radius 1 is 1.21 bits per heavy atom. The summed E-state index contributed by atoms with van der Waals surface area (Å²) in [6.45, 7) is -1.86. The lowest BCUT2D eigenvalue weighted by Gasteiger charge is -2.10. The van der Waals surface area contributed by atoms with Gasteiger partial charge in [0.25, 0.3) is 0 Å². The maximum atomic E-state index is 13.0. The van der Waals surface area contributed by atoms with E-state index in [1.807, 2.05) is 0 Å². The van der Waals surface area contributed by atoms with Crippen molar-refractivity contribution < 1.29 is 40.6 Å². The molecule has 0 spiro atoms. The second kappa shape index (κ2) is 9.72. The molecule has 0 radical (unpaired) electrons. The first kappa shape index (κ1) is 14.6. The molecule has 29 heavy (non-hydrogen) atoms. The predicted molar refractivity (Wildman–Crippen MR) is 100 cm³/mol. The summed E-state index contributed by atoms with van der Waals surface area (Å²) in [5, 5.41) is 6.95. The number of alkyl halides is 3. The molecule has 0 atom stereocenters. The highest BCUT2D eigenvalue weighted by Crippen LogP contribution is 2.29. The number of esters is 1. The highest BCUT2D eigenvalue weighted by Gasteiger charge is 2.30. The van der Waals surface area contributed by atoms with E-state index in [0.29, 0.717) is 0 Å². The third kappa shape index (κ3) is 5.81. The van der Waals surface area contributed by atoms with Gasteiger partial charge in [0.05, 0.1) is 26.6 Å². The first-order valence-corrected chi connectivity index (χ1v) is 7.88. The highest BCUT2D eigenvalue weighted by atomic mass is 19.4. The molecule has 0 fully saturated rings. The molecule has 0 aliphatic carbocycles. The molecule has 2 aromatic rings. The van der Waals surface area contributed by atoms with Gasteiger partial charge in [-0.15, -0.1) is 0 Å². The number of rotatable bonds is 7. The van der Waals surface area contributed by atoms with E-state index in [4.69, 9.17) is 13.1 Å². The minimum Gasteiger partial charge on any atom is -0.464 e. The number of hydrogen-bond acceptors (Lipinski definition) is 6. The van der Waals surface area contributed by atoms with Gasteiger partial charge in [0, 0.05) is 11.1 Å². The van der Waals surface area contributed by atoms with Crippen LogP contribution < -0.4 is 0 Å². The van der Waals surface area contributed by atoms with Crippen molar-refractivity contribution >= 4 is 17.4 Å². The molecule has 2 rings (SSSR count). The van der Waals surface area contributed by atoms with Crippen LogP contribution in [0.2, 0.25) is 0 Å². The van der Waals surface area contributed by atoms with Gasteiger partial charge < -0.3 is 14.4 Å². The summed E-state index contributed by atoms with van der Waals surface area (Å²) in [5.74, 6) is -1.20. The molecule has 0 saturated carbocycles. The molecule has 0 amide bonds. The Balaban J connectivity index is 2.67. The highest BCUT2D eigenvalue weighted by molar-refractivity contribution is 6.43. The minimum atomic E-state index is -4.63. The minimum absolute atomic E-state index is 0.0398. The lowest BCUT2D eigenvalue weighted by molar-refractivity contribution is -0.137. The normalized spacial score (nSPS) is 15.9.